The summed E-state index contributed by atoms with van der Waals surface area (Å²) in [7, 11) is 0. The maximum Gasteiger partial charge on any atom is 0.410 e. The summed E-state index contributed by atoms with van der Waals surface area (Å²) in [5.41, 5.74) is 7.61. The highest BCUT2D eigenvalue weighted by molar-refractivity contribution is 5.88. The van der Waals surface area contributed by atoms with Crippen molar-refractivity contribution in [2.45, 2.75) is 39.3 Å². The summed E-state index contributed by atoms with van der Waals surface area (Å²) in [6, 6.07) is 14.3. The fraction of sp³-hybridized carbons (Fsp3) is 0.333. The van der Waals surface area contributed by atoms with Gasteiger partial charge in [0.25, 0.3) is 0 Å². The molecule has 1 amide bonds. The molecule has 0 atom stereocenters. The van der Waals surface area contributed by atoms with E-state index in [1.54, 1.807) is 31.7 Å². The summed E-state index contributed by atoms with van der Waals surface area (Å²) >= 11 is 0. The van der Waals surface area contributed by atoms with Crippen molar-refractivity contribution in [2.75, 3.05) is 12.3 Å². The van der Waals surface area contributed by atoms with Crippen LogP contribution in [0.1, 0.15) is 42.3 Å². The van der Waals surface area contributed by atoms with Crippen LogP contribution in [0.5, 0.6) is 0 Å². The molecule has 0 radical (unpaired) electrons. The molecule has 0 spiro atoms. The molecule has 0 aromatic heterocycles. The number of rotatable bonds is 6. The predicted molar refractivity (Wildman–Crippen MR) is 105 cm³/mol. The molecule has 0 saturated heterocycles. The molecule has 0 unspecified atom stereocenters. The molecule has 0 fully saturated rings. The first-order valence-corrected chi connectivity index (χ1v) is 8.79. The van der Waals surface area contributed by atoms with E-state index in [1.165, 1.54) is 12.1 Å². The Morgan fingerprint density at radius 3 is 2.37 bits per heavy atom. The summed E-state index contributed by atoms with van der Waals surface area (Å²) < 4.78 is 5.51. The standard InChI is InChI=1S/C21H26N2O4/c1-21(2,3)27-20(26)23(12-11-15-7-5-4-6-8-15)14-17-13-16(19(24)25)9-10-18(17)22/h4-10,13H,11-12,14,22H2,1-3H3,(H,24,25). The van der Waals surface area contributed by atoms with E-state index in [1.807, 2.05) is 30.3 Å². The third-order valence-electron chi connectivity index (χ3n) is 3.92. The van der Waals surface area contributed by atoms with Crippen LogP contribution in [-0.4, -0.2) is 34.2 Å². The van der Waals surface area contributed by atoms with Gasteiger partial charge in [-0.25, -0.2) is 9.59 Å². The van der Waals surface area contributed by atoms with Gasteiger partial charge in [-0.1, -0.05) is 30.3 Å². The van der Waals surface area contributed by atoms with E-state index < -0.39 is 17.7 Å². The Morgan fingerprint density at radius 2 is 1.78 bits per heavy atom. The van der Waals surface area contributed by atoms with Crippen LogP contribution < -0.4 is 5.73 Å². The number of nitrogens with two attached hydrogens (primary N) is 1. The molecular formula is C21H26N2O4. The topological polar surface area (TPSA) is 92.9 Å². The lowest BCUT2D eigenvalue weighted by Gasteiger charge is -2.28. The van der Waals surface area contributed by atoms with Gasteiger partial charge in [-0.2, -0.15) is 0 Å². The highest BCUT2D eigenvalue weighted by Gasteiger charge is 2.23. The van der Waals surface area contributed by atoms with E-state index in [-0.39, 0.29) is 12.1 Å². The number of carbonyl (C=O) groups is 2. The zero-order valence-electron chi connectivity index (χ0n) is 15.9. The van der Waals surface area contributed by atoms with Crippen molar-refractivity contribution in [1.29, 1.82) is 0 Å². The van der Waals surface area contributed by atoms with E-state index in [4.69, 9.17) is 10.5 Å². The Morgan fingerprint density at radius 1 is 1.11 bits per heavy atom. The summed E-state index contributed by atoms with van der Waals surface area (Å²) in [5.74, 6) is -1.04. The monoisotopic (exact) mass is 370 g/mol. The SMILES string of the molecule is CC(C)(C)OC(=O)N(CCc1ccccc1)Cc1cc(C(=O)O)ccc1N. The van der Waals surface area contributed by atoms with E-state index in [2.05, 4.69) is 0 Å². The Balaban J connectivity index is 2.22. The van der Waals surface area contributed by atoms with Crippen molar-refractivity contribution in [2.24, 2.45) is 0 Å². The van der Waals surface area contributed by atoms with E-state index in [0.717, 1.165) is 5.56 Å². The molecular weight excluding hydrogens is 344 g/mol. The number of carbonyl (C=O) groups excluding carboxylic acids is 1. The zero-order chi connectivity index (χ0) is 20.0. The molecule has 2 aromatic rings. The first-order chi connectivity index (χ1) is 12.7. The van der Waals surface area contributed by atoms with Crippen LogP contribution >= 0.6 is 0 Å². The number of carboxylic acids is 1. The first-order valence-electron chi connectivity index (χ1n) is 8.79. The minimum absolute atomic E-state index is 0.131. The quantitative estimate of drug-likeness (QED) is 0.751. The molecule has 6 heteroatoms. The Hall–Kier alpha value is -3.02. The summed E-state index contributed by atoms with van der Waals surface area (Å²) in [4.78, 5) is 25.4. The Labute approximate surface area is 159 Å². The van der Waals surface area contributed by atoms with E-state index in [9.17, 15) is 14.7 Å². The van der Waals surface area contributed by atoms with Crippen molar-refractivity contribution < 1.29 is 19.4 Å². The van der Waals surface area contributed by atoms with Crippen molar-refractivity contribution in [3.8, 4) is 0 Å². The lowest BCUT2D eigenvalue weighted by atomic mass is 10.1. The number of hydrogen-bond donors (Lipinski definition) is 2. The van der Waals surface area contributed by atoms with Gasteiger partial charge >= 0.3 is 12.1 Å². The molecule has 6 nitrogen and oxygen atoms in total. The number of hydrogen-bond acceptors (Lipinski definition) is 4. The number of carboxylic acid groups (broad SMARTS) is 1. The van der Waals surface area contributed by atoms with Crippen molar-refractivity contribution >= 4 is 17.7 Å². The van der Waals surface area contributed by atoms with Gasteiger partial charge in [-0.05, 0) is 56.5 Å². The number of benzene rings is 2. The molecule has 2 aromatic carbocycles. The Bertz CT molecular complexity index is 798. The molecule has 0 heterocycles. The molecule has 0 saturated carbocycles. The maximum absolute atomic E-state index is 12.7. The van der Waals surface area contributed by atoms with Crippen molar-refractivity contribution in [1.82, 2.24) is 4.90 Å². The smallest absolute Gasteiger partial charge is 0.410 e. The lowest BCUT2D eigenvalue weighted by Crippen LogP contribution is -2.37. The van der Waals surface area contributed by atoms with Crippen LogP contribution in [0.25, 0.3) is 0 Å². The summed E-state index contributed by atoms with van der Waals surface area (Å²) in [6.07, 6.45) is 0.192. The lowest BCUT2D eigenvalue weighted by molar-refractivity contribution is 0.0236. The largest absolute Gasteiger partial charge is 0.478 e. The van der Waals surface area contributed by atoms with Gasteiger partial charge in [0, 0.05) is 12.2 Å². The van der Waals surface area contributed by atoms with Gasteiger partial charge < -0.3 is 20.5 Å². The molecule has 0 bridgehead atoms. The second-order valence-corrected chi connectivity index (χ2v) is 7.36. The maximum atomic E-state index is 12.7. The number of anilines is 1. The van der Waals surface area contributed by atoms with Crippen LogP contribution in [0.15, 0.2) is 48.5 Å². The van der Waals surface area contributed by atoms with Crippen LogP contribution in [-0.2, 0) is 17.7 Å². The second-order valence-electron chi connectivity index (χ2n) is 7.36. The minimum atomic E-state index is -1.04. The predicted octanol–water partition coefficient (Wildman–Crippen LogP) is 3.95. The number of aromatic carboxylic acids is 1. The van der Waals surface area contributed by atoms with Gasteiger partial charge in [0.2, 0.25) is 0 Å². The number of nitrogen functional groups attached to an aromatic ring is 1. The molecule has 144 valence electrons. The first kappa shape index (κ1) is 20.3. The molecule has 3 N–H and O–H groups in total. The van der Waals surface area contributed by atoms with E-state index in [0.29, 0.717) is 24.2 Å². The summed E-state index contributed by atoms with van der Waals surface area (Å²) in [5, 5.41) is 9.20. The molecule has 27 heavy (non-hydrogen) atoms. The normalized spacial score (nSPS) is 11.1. The van der Waals surface area contributed by atoms with Gasteiger partial charge in [0.1, 0.15) is 5.60 Å². The molecule has 0 aliphatic carbocycles. The van der Waals surface area contributed by atoms with Crippen molar-refractivity contribution in [3.63, 3.8) is 0 Å². The molecule has 2 rings (SSSR count). The molecule has 0 aliphatic heterocycles. The average Bonchev–Trinajstić information content (AvgIpc) is 2.59. The number of amides is 1. The number of nitrogens with zero attached hydrogens (tertiary/aromatic N) is 1. The fourth-order valence-corrected chi connectivity index (χ4v) is 2.55. The van der Waals surface area contributed by atoms with Crippen LogP contribution in [0.3, 0.4) is 0 Å². The minimum Gasteiger partial charge on any atom is -0.478 e. The highest BCUT2D eigenvalue weighted by atomic mass is 16.6. The van der Waals surface area contributed by atoms with Gasteiger partial charge in [0.05, 0.1) is 12.1 Å². The van der Waals surface area contributed by atoms with Gasteiger partial charge in [-0.15, -0.1) is 0 Å². The highest BCUT2D eigenvalue weighted by Crippen LogP contribution is 2.19. The second kappa shape index (κ2) is 8.58. The average molecular weight is 370 g/mol. The van der Waals surface area contributed by atoms with Crippen LogP contribution in [0.4, 0.5) is 10.5 Å². The van der Waals surface area contributed by atoms with Gasteiger partial charge in [-0.3, -0.25) is 0 Å². The third kappa shape index (κ3) is 6.33. The van der Waals surface area contributed by atoms with Crippen LogP contribution in [0, 0.1) is 0 Å². The van der Waals surface area contributed by atoms with E-state index >= 15 is 0 Å². The Kier molecular flexibility index (Phi) is 6.45. The number of ether oxygens (including phenoxy) is 1. The van der Waals surface area contributed by atoms with Crippen LogP contribution in [0.2, 0.25) is 0 Å². The third-order valence-corrected chi connectivity index (χ3v) is 3.92. The fourth-order valence-electron chi connectivity index (χ4n) is 2.55. The van der Waals surface area contributed by atoms with Crippen molar-refractivity contribution in [3.05, 3.63) is 65.2 Å². The zero-order valence-corrected chi connectivity index (χ0v) is 15.9. The molecule has 0 aliphatic rings. The van der Waals surface area contributed by atoms with Gasteiger partial charge in [0.15, 0.2) is 0 Å². The summed E-state index contributed by atoms with van der Waals surface area (Å²) in [6.45, 7) is 6.02.